The summed E-state index contributed by atoms with van der Waals surface area (Å²) in [6.07, 6.45) is -6.48. The minimum Gasteiger partial charge on any atom is -0.304 e. The predicted octanol–water partition coefficient (Wildman–Crippen LogP) is 3.65. The van der Waals surface area contributed by atoms with Gasteiger partial charge in [0.15, 0.2) is 0 Å². The topological polar surface area (TPSA) is 17.8 Å². The highest BCUT2D eigenvalue weighted by Gasteiger charge is 2.33. The van der Waals surface area contributed by atoms with E-state index in [1.165, 1.54) is 0 Å². The quantitative estimate of drug-likeness (QED) is 0.785. The number of benzene rings is 1. The maximum atomic E-state index is 13.2. The van der Waals surface area contributed by atoms with Crippen molar-refractivity contribution in [3.05, 3.63) is 46.8 Å². The smallest absolute Gasteiger partial charge is 0.304 e. The molecule has 16 heavy (non-hydrogen) atoms. The van der Waals surface area contributed by atoms with Crippen LogP contribution in [0, 0.1) is 0 Å². The van der Waals surface area contributed by atoms with Gasteiger partial charge in [0.05, 0.1) is 18.1 Å². The van der Waals surface area contributed by atoms with Crippen molar-refractivity contribution in [1.29, 1.82) is 0 Å². The Bertz CT molecular complexity index is 773. The van der Waals surface area contributed by atoms with E-state index in [4.69, 9.17) is 8.22 Å². The summed E-state index contributed by atoms with van der Waals surface area (Å²) in [5, 5.41) is 0. The van der Waals surface area contributed by atoms with Crippen LogP contribution in [0.2, 0.25) is 0 Å². The number of rotatable bonds is 1. The molecule has 0 spiro atoms. The number of aromatic nitrogens is 2. The lowest BCUT2D eigenvalue weighted by Crippen LogP contribution is -2.09. The minimum absolute atomic E-state index is 0.210. The molecule has 0 aliphatic rings. The van der Waals surface area contributed by atoms with E-state index < -0.39 is 54.1 Å². The van der Waals surface area contributed by atoms with E-state index in [1.807, 2.05) is 0 Å². The van der Waals surface area contributed by atoms with E-state index in [0.717, 1.165) is 0 Å². The molecule has 2 rings (SSSR count). The number of hydrogen-bond donors (Lipinski definition) is 0. The van der Waals surface area contributed by atoms with E-state index in [2.05, 4.69) is 20.9 Å². The van der Waals surface area contributed by atoms with Crippen LogP contribution in [0.4, 0.5) is 13.2 Å². The van der Waals surface area contributed by atoms with E-state index >= 15 is 0 Å². The zero-order chi connectivity index (χ0) is 17.0. The predicted molar refractivity (Wildman–Crippen MR) is 56.3 cm³/mol. The molecule has 0 saturated heterocycles. The summed E-state index contributed by atoms with van der Waals surface area (Å²) in [4.78, 5) is 3.47. The summed E-state index contributed by atoms with van der Waals surface area (Å²) in [5.74, 6) is 0. The van der Waals surface area contributed by atoms with Crippen LogP contribution in [0.3, 0.4) is 0 Å². The van der Waals surface area contributed by atoms with E-state index in [-0.39, 0.29) is 4.60 Å². The van der Waals surface area contributed by atoms with Gasteiger partial charge in [-0.1, -0.05) is 12.1 Å². The van der Waals surface area contributed by atoms with E-state index in [0.29, 0.717) is 4.57 Å². The molecule has 0 aliphatic heterocycles. The Morgan fingerprint density at radius 1 is 1.31 bits per heavy atom. The molecule has 2 aromatic rings. The van der Waals surface area contributed by atoms with Crippen molar-refractivity contribution >= 4 is 15.9 Å². The van der Waals surface area contributed by atoms with Gasteiger partial charge in [0.2, 0.25) is 0 Å². The molecule has 1 heterocycles. The molecule has 0 amide bonds. The van der Waals surface area contributed by atoms with Crippen LogP contribution in [0.25, 0.3) is 5.69 Å². The normalized spacial score (nSPS) is 17.0. The first-order valence-electron chi connectivity index (χ1n) is 6.87. The highest BCUT2D eigenvalue weighted by Crippen LogP contribution is 2.33. The number of hydrogen-bond acceptors (Lipinski definition) is 1. The van der Waals surface area contributed by atoms with Crippen LogP contribution in [0.1, 0.15) is 13.8 Å². The van der Waals surface area contributed by atoms with Gasteiger partial charge in [0.25, 0.3) is 0 Å². The highest BCUT2D eigenvalue weighted by atomic mass is 79.9. The van der Waals surface area contributed by atoms with Crippen molar-refractivity contribution in [3.63, 3.8) is 0 Å². The number of para-hydroxylation sites is 1. The van der Waals surface area contributed by atoms with E-state index in [1.54, 1.807) is 0 Å². The lowest BCUT2D eigenvalue weighted by atomic mass is 10.1. The van der Waals surface area contributed by atoms with Gasteiger partial charge in [0, 0.05) is 6.17 Å². The second-order valence-electron chi connectivity index (χ2n) is 2.67. The van der Waals surface area contributed by atoms with Crippen LogP contribution >= 0.6 is 15.9 Å². The van der Waals surface area contributed by atoms with E-state index in [9.17, 15) is 13.2 Å². The molecule has 0 bridgehead atoms. The molecule has 1 aromatic carbocycles. The largest absolute Gasteiger partial charge is 0.418 e. The van der Waals surface area contributed by atoms with Crippen LogP contribution in [0.15, 0.2) is 41.2 Å². The lowest BCUT2D eigenvalue weighted by molar-refractivity contribution is -0.137. The first-order chi connectivity index (χ1) is 9.98. The second kappa shape index (κ2) is 3.93. The van der Waals surface area contributed by atoms with Gasteiger partial charge in [0.1, 0.15) is 12.3 Å². The third-order valence-electron chi connectivity index (χ3n) is 1.63. The van der Waals surface area contributed by atoms with Gasteiger partial charge in [-0.15, -0.1) is 0 Å². The molecule has 0 N–H and O–H groups in total. The summed E-state index contributed by atoms with van der Waals surface area (Å²) < 4.78 is 85.1. The monoisotopic (exact) mass is 296 g/mol. The molecule has 0 aliphatic carbocycles. The van der Waals surface area contributed by atoms with Crippen LogP contribution in [0.5, 0.6) is 0 Å². The summed E-state index contributed by atoms with van der Waals surface area (Å²) in [5.41, 5.74) is -2.67. The molecule has 0 saturated carbocycles. The third kappa shape index (κ3) is 2.11. The van der Waals surface area contributed by atoms with Crippen molar-refractivity contribution in [3.8, 4) is 5.69 Å². The van der Waals surface area contributed by atoms with Crippen molar-refractivity contribution in [2.75, 3.05) is 0 Å². The summed E-state index contributed by atoms with van der Waals surface area (Å²) >= 11 is 2.80. The fourth-order valence-corrected chi connectivity index (χ4v) is 1.28. The Morgan fingerprint density at radius 2 is 2.00 bits per heavy atom. The summed E-state index contributed by atoms with van der Waals surface area (Å²) in [6, 6.07) is -4.22. The van der Waals surface area contributed by atoms with Gasteiger partial charge in [-0.2, -0.15) is 13.2 Å². The molecule has 84 valence electrons. The van der Waals surface area contributed by atoms with Crippen molar-refractivity contribution in [2.45, 2.75) is 6.18 Å². The van der Waals surface area contributed by atoms with Crippen molar-refractivity contribution in [1.82, 2.24) is 9.55 Å². The maximum Gasteiger partial charge on any atom is 0.418 e. The Labute approximate surface area is 106 Å². The van der Waals surface area contributed by atoms with Crippen molar-refractivity contribution < 1.29 is 21.4 Å². The fraction of sp³-hybridized carbons (Fsp3) is 0.100. The van der Waals surface area contributed by atoms with Crippen LogP contribution < -0.4 is 0 Å². The molecule has 6 heteroatoms. The average molecular weight is 297 g/mol. The van der Waals surface area contributed by atoms with Gasteiger partial charge in [-0.3, -0.25) is 0 Å². The second-order valence-corrected chi connectivity index (χ2v) is 3.42. The van der Waals surface area contributed by atoms with Gasteiger partial charge in [-0.05, 0) is 28.0 Å². The van der Waals surface area contributed by atoms with Crippen LogP contribution in [-0.2, 0) is 6.18 Å². The maximum absolute atomic E-state index is 13.2. The standard InChI is InChI=1S/C10H6BrF3N2/c11-9-5-16(6-15-9)8-4-2-1-3-7(8)10(12,13)14/h1-6H/i1D,2D,3D,4D,5D,6D. The lowest BCUT2D eigenvalue weighted by Gasteiger charge is -2.12. The van der Waals surface area contributed by atoms with Crippen molar-refractivity contribution in [2.24, 2.45) is 0 Å². The number of nitrogens with zero attached hydrogens (tertiary/aromatic N) is 2. The zero-order valence-corrected chi connectivity index (χ0v) is 8.99. The fourth-order valence-electron chi connectivity index (χ4n) is 1.02. The Kier molecular flexibility index (Phi) is 1.44. The SMILES string of the molecule is [2H]c1c([2H])c([2H])c(C(F)(F)F)c(-n2c([2H])nc(Br)c2[2H])c1[2H]. The molecule has 1 aromatic heterocycles. The average Bonchev–Trinajstić information content (AvgIpc) is 2.64. The Morgan fingerprint density at radius 3 is 2.56 bits per heavy atom. The third-order valence-corrected chi connectivity index (χ3v) is 1.98. The van der Waals surface area contributed by atoms with Crippen LogP contribution in [-0.4, -0.2) is 9.55 Å². The first-order valence-corrected chi connectivity index (χ1v) is 4.67. The number of imidazole rings is 1. The molecular weight excluding hydrogens is 285 g/mol. The molecule has 2 nitrogen and oxygen atoms in total. The molecule has 0 radical (unpaired) electrons. The Balaban J connectivity index is 3.04. The van der Waals surface area contributed by atoms with Gasteiger partial charge >= 0.3 is 6.18 Å². The molecule has 0 fully saturated rings. The number of alkyl halides is 3. The number of halogens is 4. The van der Waals surface area contributed by atoms with Gasteiger partial charge in [-0.25, -0.2) is 4.98 Å². The summed E-state index contributed by atoms with van der Waals surface area (Å²) in [7, 11) is 0. The molecular formula is C10H6BrF3N2. The van der Waals surface area contributed by atoms with Gasteiger partial charge < -0.3 is 4.57 Å². The zero-order valence-electron chi connectivity index (χ0n) is 13.4. The first kappa shape index (κ1) is 5.86. The molecule has 0 atom stereocenters. The summed E-state index contributed by atoms with van der Waals surface area (Å²) in [6.45, 7) is 0. The molecule has 0 unspecified atom stereocenters. The minimum atomic E-state index is -5.10. The Hall–Kier alpha value is -1.30. The highest BCUT2D eigenvalue weighted by molar-refractivity contribution is 9.10.